The molecule has 1 rings (SSSR count). The summed E-state index contributed by atoms with van der Waals surface area (Å²) in [7, 11) is 1.46. The average molecular weight is 178 g/mol. The quantitative estimate of drug-likeness (QED) is 0.488. The molecule has 0 spiro atoms. The minimum Gasteiger partial charge on any atom is -0.394 e. The van der Waals surface area contributed by atoms with Crippen LogP contribution in [0, 0.1) is 0 Å². The summed E-state index contributed by atoms with van der Waals surface area (Å²) in [6, 6.07) is 0. The summed E-state index contributed by atoms with van der Waals surface area (Å²) in [6.45, 7) is -0.418. The van der Waals surface area contributed by atoms with Gasteiger partial charge in [-0.1, -0.05) is 0 Å². The van der Waals surface area contributed by atoms with Crippen molar-refractivity contribution in [2.75, 3.05) is 13.7 Å². The second-order valence-electron chi connectivity index (χ2n) is 2.82. The molecular formula is C7H14O5. The van der Waals surface area contributed by atoms with Crippen molar-refractivity contribution in [1.29, 1.82) is 0 Å². The topological polar surface area (TPSA) is 79.2 Å². The summed E-state index contributed by atoms with van der Waals surface area (Å²) < 4.78 is 9.92. The maximum atomic E-state index is 9.32. The number of aliphatic hydroxyl groups excluding tert-OH is 3. The fraction of sp³-hybridized carbons (Fsp3) is 1.00. The maximum Gasteiger partial charge on any atom is 0.160 e. The van der Waals surface area contributed by atoms with Crippen LogP contribution in [0.4, 0.5) is 0 Å². The normalized spacial score (nSPS) is 38.5. The lowest BCUT2D eigenvalue weighted by atomic mass is 10.1. The fourth-order valence-corrected chi connectivity index (χ4v) is 1.26. The van der Waals surface area contributed by atoms with Crippen molar-refractivity contribution in [1.82, 2.24) is 0 Å². The molecule has 1 fully saturated rings. The molecule has 72 valence electrons. The number of hydrogen-bond acceptors (Lipinski definition) is 5. The standard InChI is InChI=1S/C7H14O5/c1-11-6-2-4(9)7(12-6)5(10)3-8/h4-10H,2-3H2,1H3/t4-,5?,6+,7+/m0/s1. The SMILES string of the molecule is CO[C@H]1C[C@H](O)[C@H](C(O)CO)O1. The molecule has 0 aliphatic carbocycles. The Kier molecular flexibility index (Phi) is 3.42. The molecule has 12 heavy (non-hydrogen) atoms. The van der Waals surface area contributed by atoms with E-state index in [1.54, 1.807) is 0 Å². The van der Waals surface area contributed by atoms with Gasteiger partial charge >= 0.3 is 0 Å². The number of hydrogen-bond donors (Lipinski definition) is 3. The Labute approximate surface area is 70.5 Å². The minimum absolute atomic E-state index is 0.332. The van der Waals surface area contributed by atoms with E-state index in [4.69, 9.17) is 19.7 Å². The monoisotopic (exact) mass is 178 g/mol. The summed E-state index contributed by atoms with van der Waals surface area (Å²) in [5.74, 6) is 0. The third-order valence-corrected chi connectivity index (χ3v) is 1.95. The second kappa shape index (κ2) is 4.15. The predicted molar refractivity (Wildman–Crippen MR) is 39.4 cm³/mol. The lowest BCUT2D eigenvalue weighted by molar-refractivity contribution is -0.150. The van der Waals surface area contributed by atoms with Crippen LogP contribution in [0.3, 0.4) is 0 Å². The Bertz CT molecular complexity index is 140. The van der Waals surface area contributed by atoms with Gasteiger partial charge in [-0.2, -0.15) is 0 Å². The van der Waals surface area contributed by atoms with Gasteiger partial charge < -0.3 is 24.8 Å². The molecule has 0 aromatic carbocycles. The van der Waals surface area contributed by atoms with Crippen LogP contribution in [0.1, 0.15) is 6.42 Å². The van der Waals surface area contributed by atoms with Crippen LogP contribution in [0.25, 0.3) is 0 Å². The van der Waals surface area contributed by atoms with E-state index in [-0.39, 0.29) is 0 Å². The van der Waals surface area contributed by atoms with Crippen molar-refractivity contribution in [2.45, 2.75) is 31.0 Å². The van der Waals surface area contributed by atoms with Crippen LogP contribution < -0.4 is 0 Å². The van der Waals surface area contributed by atoms with Crippen molar-refractivity contribution < 1.29 is 24.8 Å². The first-order valence-corrected chi connectivity index (χ1v) is 3.84. The summed E-state index contributed by atoms with van der Waals surface area (Å²) in [6.07, 6.45) is -2.69. The first-order valence-electron chi connectivity index (χ1n) is 3.84. The van der Waals surface area contributed by atoms with E-state index in [1.165, 1.54) is 7.11 Å². The van der Waals surface area contributed by atoms with Gasteiger partial charge in [0.05, 0.1) is 12.7 Å². The third kappa shape index (κ3) is 1.94. The van der Waals surface area contributed by atoms with E-state index in [0.717, 1.165) is 0 Å². The lowest BCUT2D eigenvalue weighted by Gasteiger charge is -2.18. The van der Waals surface area contributed by atoms with Crippen molar-refractivity contribution in [3.63, 3.8) is 0 Å². The molecule has 0 bridgehead atoms. The summed E-state index contributed by atoms with van der Waals surface area (Å²) in [5, 5.41) is 27.1. The zero-order chi connectivity index (χ0) is 9.14. The molecule has 0 saturated carbocycles. The van der Waals surface area contributed by atoms with E-state index >= 15 is 0 Å². The molecule has 1 heterocycles. The van der Waals surface area contributed by atoms with Crippen molar-refractivity contribution >= 4 is 0 Å². The van der Waals surface area contributed by atoms with Crippen LogP contribution in [0.15, 0.2) is 0 Å². The number of methoxy groups -OCH3 is 1. The van der Waals surface area contributed by atoms with Crippen LogP contribution in [0.2, 0.25) is 0 Å². The molecule has 1 aliphatic rings. The molecule has 5 heteroatoms. The van der Waals surface area contributed by atoms with Gasteiger partial charge in [-0.25, -0.2) is 0 Å². The lowest BCUT2D eigenvalue weighted by Crippen LogP contribution is -2.36. The highest BCUT2D eigenvalue weighted by molar-refractivity contribution is 4.83. The number of rotatable bonds is 3. The van der Waals surface area contributed by atoms with E-state index in [9.17, 15) is 5.11 Å². The molecule has 0 aromatic rings. The smallest absolute Gasteiger partial charge is 0.160 e. The molecule has 0 amide bonds. The van der Waals surface area contributed by atoms with Gasteiger partial charge in [-0.05, 0) is 0 Å². The molecule has 3 N–H and O–H groups in total. The summed E-state index contributed by atoms with van der Waals surface area (Å²) in [4.78, 5) is 0. The third-order valence-electron chi connectivity index (χ3n) is 1.95. The van der Waals surface area contributed by atoms with E-state index in [1.807, 2.05) is 0 Å². The van der Waals surface area contributed by atoms with Gasteiger partial charge in [0.25, 0.3) is 0 Å². The van der Waals surface area contributed by atoms with E-state index < -0.39 is 31.2 Å². The zero-order valence-electron chi connectivity index (χ0n) is 6.88. The van der Waals surface area contributed by atoms with Gasteiger partial charge in [-0.15, -0.1) is 0 Å². The Morgan fingerprint density at radius 3 is 2.75 bits per heavy atom. The number of aliphatic hydroxyl groups is 3. The van der Waals surface area contributed by atoms with Crippen LogP contribution >= 0.6 is 0 Å². The molecule has 0 aromatic heterocycles. The van der Waals surface area contributed by atoms with E-state index in [0.29, 0.717) is 6.42 Å². The van der Waals surface area contributed by atoms with E-state index in [2.05, 4.69) is 0 Å². The van der Waals surface area contributed by atoms with Crippen LogP contribution in [-0.4, -0.2) is 53.6 Å². The maximum absolute atomic E-state index is 9.32. The largest absolute Gasteiger partial charge is 0.394 e. The minimum atomic E-state index is -1.04. The van der Waals surface area contributed by atoms with Crippen molar-refractivity contribution in [2.24, 2.45) is 0 Å². The highest BCUT2D eigenvalue weighted by Crippen LogP contribution is 2.22. The summed E-state index contributed by atoms with van der Waals surface area (Å²) >= 11 is 0. The number of ether oxygens (including phenoxy) is 2. The molecule has 5 nitrogen and oxygen atoms in total. The molecule has 1 aliphatic heterocycles. The Balaban J connectivity index is 2.45. The van der Waals surface area contributed by atoms with Gasteiger partial charge in [0.1, 0.15) is 12.2 Å². The van der Waals surface area contributed by atoms with Gasteiger partial charge in [-0.3, -0.25) is 0 Å². The first kappa shape index (κ1) is 9.88. The highest BCUT2D eigenvalue weighted by Gasteiger charge is 2.38. The zero-order valence-corrected chi connectivity index (χ0v) is 6.88. The van der Waals surface area contributed by atoms with Crippen molar-refractivity contribution in [3.05, 3.63) is 0 Å². The Morgan fingerprint density at radius 1 is 1.67 bits per heavy atom. The second-order valence-corrected chi connectivity index (χ2v) is 2.82. The molecule has 4 atom stereocenters. The van der Waals surface area contributed by atoms with Gasteiger partial charge in [0.2, 0.25) is 0 Å². The summed E-state index contributed by atoms with van der Waals surface area (Å²) in [5.41, 5.74) is 0. The van der Waals surface area contributed by atoms with Crippen LogP contribution in [-0.2, 0) is 9.47 Å². The molecule has 0 radical (unpaired) electrons. The molecule has 1 saturated heterocycles. The first-order chi connectivity index (χ1) is 5.69. The van der Waals surface area contributed by atoms with Gasteiger partial charge in [0, 0.05) is 13.5 Å². The molecule has 1 unspecified atom stereocenters. The highest BCUT2D eigenvalue weighted by atomic mass is 16.7. The van der Waals surface area contributed by atoms with Crippen molar-refractivity contribution in [3.8, 4) is 0 Å². The average Bonchev–Trinajstić information content (AvgIpc) is 2.45. The van der Waals surface area contributed by atoms with Gasteiger partial charge in [0.15, 0.2) is 6.29 Å². The Hall–Kier alpha value is -0.200. The molecular weight excluding hydrogens is 164 g/mol. The predicted octanol–water partition coefficient (Wildman–Crippen LogP) is -1.54. The fourth-order valence-electron chi connectivity index (χ4n) is 1.26. The van der Waals surface area contributed by atoms with Crippen LogP contribution in [0.5, 0.6) is 0 Å². The Morgan fingerprint density at radius 2 is 2.33 bits per heavy atom.